The Morgan fingerprint density at radius 1 is 1.54 bits per heavy atom. The molecule has 0 aliphatic rings. The molecule has 0 amide bonds. The maximum absolute atomic E-state index is 8.54. The second-order valence-corrected chi connectivity index (χ2v) is 2.74. The molecule has 0 aliphatic carbocycles. The summed E-state index contributed by atoms with van der Waals surface area (Å²) in [6, 6.07) is 6.70. The van der Waals surface area contributed by atoms with Crippen molar-refractivity contribution in [2.24, 2.45) is 0 Å². The fourth-order valence-corrected chi connectivity index (χ4v) is 1.08. The van der Waals surface area contributed by atoms with Gasteiger partial charge in [-0.15, -0.1) is 0 Å². The highest BCUT2D eigenvalue weighted by Gasteiger charge is 2.01. The smallest absolute Gasteiger partial charge is 0.138 e. The third-order valence-electron chi connectivity index (χ3n) is 1.41. The van der Waals surface area contributed by atoms with E-state index in [4.69, 9.17) is 26.7 Å². The van der Waals surface area contributed by atoms with Gasteiger partial charge in [-0.2, -0.15) is 5.26 Å². The summed E-state index contributed by atoms with van der Waals surface area (Å²) in [5.74, 6) is 0.481. The van der Waals surface area contributed by atoms with Crippen LogP contribution in [0.25, 0.3) is 0 Å². The van der Waals surface area contributed by atoms with Crippen LogP contribution in [0.5, 0.6) is 5.75 Å². The van der Waals surface area contributed by atoms with Crippen LogP contribution in [-0.4, -0.2) is 18.3 Å². The van der Waals surface area contributed by atoms with Crippen molar-refractivity contribution in [3.8, 4) is 11.8 Å². The van der Waals surface area contributed by atoms with Gasteiger partial charge < -0.3 is 9.84 Å². The number of aliphatic hydroxyl groups excluding tert-OH is 1. The average Bonchev–Trinajstić information content (AvgIpc) is 2.16. The fraction of sp³-hybridized carbons (Fsp3) is 0.222. The van der Waals surface area contributed by atoms with E-state index in [1.165, 1.54) is 6.07 Å². The van der Waals surface area contributed by atoms with E-state index in [9.17, 15) is 0 Å². The summed E-state index contributed by atoms with van der Waals surface area (Å²) in [4.78, 5) is 0. The molecule has 0 aliphatic heterocycles. The summed E-state index contributed by atoms with van der Waals surface area (Å²) in [7, 11) is 0. The van der Waals surface area contributed by atoms with Gasteiger partial charge in [-0.3, -0.25) is 0 Å². The normalized spacial score (nSPS) is 9.31. The molecule has 1 rings (SSSR count). The number of benzene rings is 1. The molecule has 1 aromatic rings. The van der Waals surface area contributed by atoms with Crippen molar-refractivity contribution >= 4 is 11.6 Å². The number of halogens is 1. The second-order valence-electron chi connectivity index (χ2n) is 2.33. The molecule has 68 valence electrons. The number of rotatable bonds is 3. The highest BCUT2D eigenvalue weighted by molar-refractivity contribution is 6.32. The van der Waals surface area contributed by atoms with Crippen LogP contribution in [0.15, 0.2) is 18.2 Å². The SMILES string of the molecule is N#Cc1ccc(OCCO)c(Cl)c1. The number of ether oxygens (including phenoxy) is 1. The zero-order valence-electron chi connectivity index (χ0n) is 6.83. The Kier molecular flexibility index (Phi) is 3.56. The first kappa shape index (κ1) is 9.85. The quantitative estimate of drug-likeness (QED) is 0.801. The minimum absolute atomic E-state index is 0.0592. The highest BCUT2D eigenvalue weighted by Crippen LogP contribution is 2.24. The van der Waals surface area contributed by atoms with Gasteiger partial charge in [0.25, 0.3) is 0 Å². The van der Waals surface area contributed by atoms with Crippen LogP contribution in [0, 0.1) is 11.3 Å². The minimum Gasteiger partial charge on any atom is -0.490 e. The second kappa shape index (κ2) is 4.70. The van der Waals surface area contributed by atoms with Gasteiger partial charge in [-0.25, -0.2) is 0 Å². The first-order valence-corrected chi connectivity index (χ1v) is 4.09. The van der Waals surface area contributed by atoms with E-state index in [2.05, 4.69) is 0 Å². The number of hydrogen-bond acceptors (Lipinski definition) is 3. The predicted octanol–water partition coefficient (Wildman–Crippen LogP) is 1.58. The molecule has 0 fully saturated rings. The van der Waals surface area contributed by atoms with Crippen LogP contribution in [0.3, 0.4) is 0 Å². The summed E-state index contributed by atoms with van der Waals surface area (Å²) in [5, 5.41) is 17.4. The van der Waals surface area contributed by atoms with Gasteiger partial charge in [0.2, 0.25) is 0 Å². The largest absolute Gasteiger partial charge is 0.490 e. The number of nitrogens with zero attached hydrogens (tertiary/aromatic N) is 1. The van der Waals surface area contributed by atoms with Crippen molar-refractivity contribution in [3.05, 3.63) is 28.8 Å². The van der Waals surface area contributed by atoms with Gasteiger partial charge in [0.05, 0.1) is 23.3 Å². The molecular weight excluding hydrogens is 190 g/mol. The van der Waals surface area contributed by atoms with Gasteiger partial charge in [-0.05, 0) is 18.2 Å². The molecule has 0 saturated carbocycles. The number of hydrogen-bond donors (Lipinski definition) is 1. The highest BCUT2D eigenvalue weighted by atomic mass is 35.5. The zero-order valence-corrected chi connectivity index (χ0v) is 7.58. The minimum atomic E-state index is -0.0592. The molecule has 0 unspecified atom stereocenters. The molecule has 13 heavy (non-hydrogen) atoms. The number of aliphatic hydroxyl groups is 1. The lowest BCUT2D eigenvalue weighted by molar-refractivity contribution is 0.201. The Morgan fingerprint density at radius 2 is 2.31 bits per heavy atom. The predicted molar refractivity (Wildman–Crippen MR) is 48.7 cm³/mol. The topological polar surface area (TPSA) is 53.2 Å². The van der Waals surface area contributed by atoms with Crippen molar-refractivity contribution in [2.75, 3.05) is 13.2 Å². The Morgan fingerprint density at radius 3 is 2.85 bits per heavy atom. The van der Waals surface area contributed by atoms with Gasteiger partial charge in [0.15, 0.2) is 0 Å². The molecule has 0 saturated heterocycles. The molecule has 0 heterocycles. The molecule has 1 N–H and O–H groups in total. The van der Waals surface area contributed by atoms with Gasteiger partial charge in [0, 0.05) is 0 Å². The lowest BCUT2D eigenvalue weighted by atomic mass is 10.2. The van der Waals surface area contributed by atoms with E-state index in [1.54, 1.807) is 12.1 Å². The molecule has 1 aromatic carbocycles. The zero-order chi connectivity index (χ0) is 9.68. The van der Waals surface area contributed by atoms with Crippen molar-refractivity contribution in [1.29, 1.82) is 5.26 Å². The van der Waals surface area contributed by atoms with E-state index in [0.29, 0.717) is 16.3 Å². The Hall–Kier alpha value is -1.24. The third-order valence-corrected chi connectivity index (χ3v) is 1.71. The molecular formula is C9H8ClNO2. The van der Waals surface area contributed by atoms with Crippen molar-refractivity contribution in [3.63, 3.8) is 0 Å². The van der Waals surface area contributed by atoms with E-state index >= 15 is 0 Å². The van der Waals surface area contributed by atoms with Crippen LogP contribution in [0.4, 0.5) is 0 Å². The summed E-state index contributed by atoms with van der Waals surface area (Å²) < 4.78 is 5.09. The van der Waals surface area contributed by atoms with Crippen molar-refractivity contribution in [2.45, 2.75) is 0 Å². The van der Waals surface area contributed by atoms with Crippen LogP contribution >= 0.6 is 11.6 Å². The molecule has 0 atom stereocenters. The average molecular weight is 198 g/mol. The van der Waals surface area contributed by atoms with E-state index in [-0.39, 0.29) is 13.2 Å². The maximum Gasteiger partial charge on any atom is 0.138 e. The standard InChI is InChI=1S/C9H8ClNO2/c10-8-5-7(6-11)1-2-9(8)13-4-3-12/h1-2,5,12H,3-4H2. The molecule has 0 spiro atoms. The summed E-state index contributed by atoms with van der Waals surface area (Å²) in [6.07, 6.45) is 0. The Labute approximate surface area is 81.1 Å². The molecule has 3 nitrogen and oxygen atoms in total. The van der Waals surface area contributed by atoms with Gasteiger partial charge in [-0.1, -0.05) is 11.6 Å². The van der Waals surface area contributed by atoms with Crippen LogP contribution in [0.2, 0.25) is 5.02 Å². The van der Waals surface area contributed by atoms with E-state index < -0.39 is 0 Å². The summed E-state index contributed by atoms with van der Waals surface area (Å²) in [6.45, 7) is 0.141. The monoisotopic (exact) mass is 197 g/mol. The fourth-order valence-electron chi connectivity index (χ4n) is 0.843. The molecule has 0 radical (unpaired) electrons. The molecule has 0 bridgehead atoms. The summed E-state index contributed by atoms with van der Waals surface area (Å²) >= 11 is 5.79. The number of nitriles is 1. The first-order valence-electron chi connectivity index (χ1n) is 3.71. The first-order chi connectivity index (χ1) is 6.27. The maximum atomic E-state index is 8.54. The molecule has 0 aromatic heterocycles. The Bertz CT molecular complexity index is 333. The van der Waals surface area contributed by atoms with Crippen molar-refractivity contribution < 1.29 is 9.84 Å². The Balaban J connectivity index is 2.81. The molecule has 4 heteroatoms. The van der Waals surface area contributed by atoms with Gasteiger partial charge >= 0.3 is 0 Å². The van der Waals surface area contributed by atoms with Crippen LogP contribution < -0.4 is 4.74 Å². The van der Waals surface area contributed by atoms with E-state index in [0.717, 1.165) is 0 Å². The van der Waals surface area contributed by atoms with Gasteiger partial charge in [0.1, 0.15) is 12.4 Å². The van der Waals surface area contributed by atoms with Crippen LogP contribution in [-0.2, 0) is 0 Å². The van der Waals surface area contributed by atoms with E-state index in [1.807, 2.05) is 6.07 Å². The lowest BCUT2D eigenvalue weighted by Crippen LogP contribution is -2.01. The van der Waals surface area contributed by atoms with Crippen molar-refractivity contribution in [1.82, 2.24) is 0 Å². The lowest BCUT2D eigenvalue weighted by Gasteiger charge is -2.05. The summed E-state index contributed by atoms with van der Waals surface area (Å²) in [5.41, 5.74) is 0.487. The third kappa shape index (κ3) is 2.62. The van der Waals surface area contributed by atoms with Crippen LogP contribution in [0.1, 0.15) is 5.56 Å².